The molecule has 0 saturated carbocycles. The maximum absolute atomic E-state index is 11.5. The van der Waals surface area contributed by atoms with Gasteiger partial charge in [0.1, 0.15) is 0 Å². The Bertz CT molecular complexity index is 402. The fourth-order valence-corrected chi connectivity index (χ4v) is 1.33. The fraction of sp³-hybridized carbons (Fsp3) is 0.417. The third-order valence-electron chi connectivity index (χ3n) is 2.37. The van der Waals surface area contributed by atoms with E-state index < -0.39 is 12.6 Å². The first-order chi connectivity index (χ1) is 8.31. The van der Waals surface area contributed by atoms with Gasteiger partial charge >= 0.3 is 0 Å². The molecule has 0 atom stereocenters. The van der Waals surface area contributed by atoms with Crippen molar-refractivity contribution in [2.24, 2.45) is 5.92 Å². The topological polar surface area (TPSA) is 110 Å². The zero-order valence-corrected chi connectivity index (χ0v) is 10.2. The molecule has 0 saturated heterocycles. The fourth-order valence-electron chi connectivity index (χ4n) is 1.33. The zero-order chi connectivity index (χ0) is 13.9. The van der Waals surface area contributed by atoms with Crippen LogP contribution in [0.2, 0.25) is 0 Å². The van der Waals surface area contributed by atoms with Crippen LogP contribution in [0.4, 0.5) is 5.69 Å². The van der Waals surface area contributed by atoms with Gasteiger partial charge in [0, 0.05) is 22.7 Å². The summed E-state index contributed by atoms with van der Waals surface area (Å²) in [7, 11) is 0. The summed E-state index contributed by atoms with van der Waals surface area (Å²) in [5, 5.41) is 38.9. The molecule has 6 heteroatoms. The van der Waals surface area contributed by atoms with Crippen LogP contribution >= 0.6 is 0 Å². The Kier molecular flexibility index (Phi) is 4.80. The number of rotatable bonds is 4. The lowest BCUT2D eigenvalue weighted by molar-refractivity contribution is -0.118. The Morgan fingerprint density at radius 3 is 1.78 bits per heavy atom. The van der Waals surface area contributed by atoms with Gasteiger partial charge < -0.3 is 25.7 Å². The van der Waals surface area contributed by atoms with Gasteiger partial charge in [-0.1, -0.05) is 13.8 Å². The van der Waals surface area contributed by atoms with Gasteiger partial charge in [-0.05, 0) is 18.2 Å². The van der Waals surface area contributed by atoms with Crippen molar-refractivity contribution < 1.29 is 25.2 Å². The van der Waals surface area contributed by atoms with E-state index in [1.54, 1.807) is 13.8 Å². The predicted molar refractivity (Wildman–Crippen MR) is 64.3 cm³/mol. The molecule has 1 rings (SSSR count). The van der Waals surface area contributed by atoms with Crippen molar-refractivity contribution in [1.82, 2.24) is 0 Å². The van der Waals surface area contributed by atoms with Crippen LogP contribution in [0.5, 0.6) is 0 Å². The molecule has 1 aromatic carbocycles. The number of benzene rings is 1. The summed E-state index contributed by atoms with van der Waals surface area (Å²) in [4.78, 5) is 11.5. The highest BCUT2D eigenvalue weighted by Gasteiger charge is 2.13. The van der Waals surface area contributed by atoms with Gasteiger partial charge in [-0.2, -0.15) is 0 Å². The molecule has 18 heavy (non-hydrogen) atoms. The average molecular weight is 255 g/mol. The Hall–Kier alpha value is -1.47. The van der Waals surface area contributed by atoms with Gasteiger partial charge in [-0.25, -0.2) is 0 Å². The summed E-state index contributed by atoms with van der Waals surface area (Å²) in [6.07, 6.45) is -3.50. The molecular formula is C12H17NO5. The van der Waals surface area contributed by atoms with Crippen molar-refractivity contribution in [3.8, 4) is 0 Å². The van der Waals surface area contributed by atoms with Gasteiger partial charge in [0.25, 0.3) is 0 Å². The maximum Gasteiger partial charge on any atom is 0.226 e. The molecular weight excluding hydrogens is 238 g/mol. The van der Waals surface area contributed by atoms with Crippen molar-refractivity contribution >= 4 is 11.6 Å². The van der Waals surface area contributed by atoms with Gasteiger partial charge in [0.05, 0.1) is 0 Å². The lowest BCUT2D eigenvalue weighted by Crippen LogP contribution is -2.18. The SMILES string of the molecule is CC(C)C(=O)Nc1cc(C(O)O)cc(C(O)O)c1. The smallest absolute Gasteiger partial charge is 0.226 e. The predicted octanol–water partition coefficient (Wildman–Crippen LogP) is 0.247. The summed E-state index contributed by atoms with van der Waals surface area (Å²) in [5.74, 6) is -0.492. The van der Waals surface area contributed by atoms with Gasteiger partial charge in [0.15, 0.2) is 12.6 Å². The number of anilines is 1. The van der Waals surface area contributed by atoms with E-state index in [-0.39, 0.29) is 28.6 Å². The number of amides is 1. The van der Waals surface area contributed by atoms with E-state index in [1.165, 1.54) is 18.2 Å². The molecule has 0 aromatic heterocycles. The second kappa shape index (κ2) is 5.92. The number of nitrogens with one attached hydrogen (secondary N) is 1. The number of carbonyl (C=O) groups is 1. The number of carbonyl (C=O) groups excluding carboxylic acids is 1. The number of aliphatic hydroxyl groups excluding tert-OH is 2. The molecule has 0 fully saturated rings. The third kappa shape index (κ3) is 3.78. The number of aliphatic hydroxyl groups is 4. The Labute approximate surface area is 105 Å². The maximum atomic E-state index is 11.5. The zero-order valence-electron chi connectivity index (χ0n) is 10.2. The van der Waals surface area contributed by atoms with E-state index in [4.69, 9.17) is 20.4 Å². The number of hydrogen-bond donors (Lipinski definition) is 5. The molecule has 100 valence electrons. The van der Waals surface area contributed by atoms with Gasteiger partial charge in [-0.3, -0.25) is 4.79 Å². The first-order valence-electron chi connectivity index (χ1n) is 5.49. The van der Waals surface area contributed by atoms with Crippen molar-refractivity contribution in [3.63, 3.8) is 0 Å². The van der Waals surface area contributed by atoms with Gasteiger partial charge in [0.2, 0.25) is 5.91 Å². The first-order valence-corrected chi connectivity index (χ1v) is 5.49. The molecule has 0 unspecified atom stereocenters. The molecule has 1 amide bonds. The van der Waals surface area contributed by atoms with Crippen LogP contribution in [0, 0.1) is 5.92 Å². The van der Waals surface area contributed by atoms with Crippen molar-refractivity contribution in [3.05, 3.63) is 29.3 Å². The average Bonchev–Trinajstić information content (AvgIpc) is 2.28. The summed E-state index contributed by atoms with van der Waals surface area (Å²) in [6.45, 7) is 3.42. The largest absolute Gasteiger partial charge is 0.364 e. The van der Waals surface area contributed by atoms with Crippen LogP contribution in [0.15, 0.2) is 18.2 Å². The van der Waals surface area contributed by atoms with Crippen molar-refractivity contribution in [2.45, 2.75) is 26.4 Å². The molecule has 1 aromatic rings. The highest BCUT2D eigenvalue weighted by Crippen LogP contribution is 2.23. The lowest BCUT2D eigenvalue weighted by Gasteiger charge is -2.14. The van der Waals surface area contributed by atoms with Gasteiger partial charge in [-0.15, -0.1) is 0 Å². The standard InChI is InChI=1S/C12H17NO5/c1-6(2)10(14)13-9-4-7(11(15)16)3-8(5-9)12(17)18/h3-6,11-12,15-18H,1-2H3,(H,13,14). The minimum absolute atomic E-state index is 0.0691. The van der Waals surface area contributed by atoms with Crippen molar-refractivity contribution in [2.75, 3.05) is 5.32 Å². The van der Waals surface area contributed by atoms with E-state index in [1.807, 2.05) is 0 Å². The summed E-state index contributed by atoms with van der Waals surface area (Å²) in [6, 6.07) is 3.95. The van der Waals surface area contributed by atoms with Crippen LogP contribution in [0.25, 0.3) is 0 Å². The Morgan fingerprint density at radius 1 is 1.00 bits per heavy atom. The van der Waals surface area contributed by atoms with Crippen LogP contribution < -0.4 is 5.32 Å². The molecule has 6 nitrogen and oxygen atoms in total. The summed E-state index contributed by atoms with van der Waals surface area (Å²) >= 11 is 0. The number of hydrogen-bond acceptors (Lipinski definition) is 5. The molecule has 0 aliphatic rings. The van der Waals surface area contributed by atoms with Crippen LogP contribution in [0.3, 0.4) is 0 Å². The normalized spacial score (nSPS) is 11.4. The Balaban J connectivity index is 3.07. The molecule has 0 heterocycles. The lowest BCUT2D eigenvalue weighted by atomic mass is 10.1. The molecule has 0 aliphatic heterocycles. The second-order valence-corrected chi connectivity index (χ2v) is 4.28. The van der Waals surface area contributed by atoms with E-state index >= 15 is 0 Å². The highest BCUT2D eigenvalue weighted by atomic mass is 16.5. The van der Waals surface area contributed by atoms with Crippen LogP contribution in [-0.4, -0.2) is 26.3 Å². The molecule has 5 N–H and O–H groups in total. The summed E-state index contributed by atoms with van der Waals surface area (Å²) < 4.78 is 0. The van der Waals surface area contributed by atoms with E-state index in [0.717, 1.165) is 0 Å². The Morgan fingerprint density at radius 2 is 1.44 bits per heavy atom. The first kappa shape index (κ1) is 14.6. The third-order valence-corrected chi connectivity index (χ3v) is 2.37. The second-order valence-electron chi connectivity index (χ2n) is 4.28. The quantitative estimate of drug-likeness (QED) is 0.495. The molecule has 0 spiro atoms. The summed E-state index contributed by atoms with van der Waals surface area (Å²) in [5.41, 5.74) is 0.418. The van der Waals surface area contributed by atoms with E-state index in [9.17, 15) is 4.79 Å². The monoisotopic (exact) mass is 255 g/mol. The molecule has 0 aliphatic carbocycles. The molecule has 0 bridgehead atoms. The van der Waals surface area contributed by atoms with E-state index in [0.29, 0.717) is 0 Å². The highest BCUT2D eigenvalue weighted by molar-refractivity contribution is 5.92. The van der Waals surface area contributed by atoms with Crippen molar-refractivity contribution in [1.29, 1.82) is 0 Å². The molecule has 0 radical (unpaired) electrons. The van der Waals surface area contributed by atoms with Crippen LogP contribution in [0.1, 0.15) is 37.6 Å². The van der Waals surface area contributed by atoms with E-state index in [2.05, 4.69) is 5.32 Å². The minimum Gasteiger partial charge on any atom is -0.364 e. The van der Waals surface area contributed by atoms with Crippen LogP contribution in [-0.2, 0) is 4.79 Å². The minimum atomic E-state index is -1.75.